The van der Waals surface area contributed by atoms with Crippen molar-refractivity contribution < 1.29 is 13.6 Å². The summed E-state index contributed by atoms with van der Waals surface area (Å²) < 4.78 is 28.8. The summed E-state index contributed by atoms with van der Waals surface area (Å²) in [4.78, 5) is 29.8. The maximum Gasteiger partial charge on any atom is 0.239 e. The van der Waals surface area contributed by atoms with Gasteiger partial charge in [0.05, 0.1) is 17.8 Å². The molecule has 2 N–H and O–H groups in total. The Labute approximate surface area is 188 Å². The van der Waals surface area contributed by atoms with Crippen LogP contribution in [0.2, 0.25) is 0 Å². The second-order valence-corrected chi connectivity index (χ2v) is 9.51. The van der Waals surface area contributed by atoms with Crippen LogP contribution in [-0.4, -0.2) is 44.8 Å². The predicted octanol–water partition coefficient (Wildman–Crippen LogP) is 3.76. The summed E-state index contributed by atoms with van der Waals surface area (Å²) in [5, 5.41) is 0.201. The van der Waals surface area contributed by atoms with Crippen molar-refractivity contribution in [3.05, 3.63) is 64.8 Å². The standard InChI is InChI=1S/C22H20F2N6OS/c1-21(17-9-22(17,19(31)30(3)4)32-20(25)29-21)14-7-12(10-28-18(14)24)8-15(23)16-6-5-13(26-2)11-27-16/h5-8,10-11,17H,9H2,1,3-4H3,(H2,25,29)/b15-8-/t17-,21+,22-/m0/s1. The first-order chi connectivity index (χ1) is 15.1. The fraction of sp³-hybridized carbons (Fsp3) is 0.318. The molecule has 1 fully saturated rings. The zero-order valence-corrected chi connectivity index (χ0v) is 18.5. The lowest BCUT2D eigenvalue weighted by Crippen LogP contribution is -2.43. The van der Waals surface area contributed by atoms with Crippen LogP contribution < -0.4 is 5.73 Å². The second kappa shape index (κ2) is 7.67. The maximum atomic E-state index is 14.9. The van der Waals surface area contributed by atoms with Gasteiger partial charge in [0, 0.05) is 38.0 Å². The molecule has 164 valence electrons. The zero-order chi connectivity index (χ0) is 23.3. The number of halogens is 2. The van der Waals surface area contributed by atoms with Crippen molar-refractivity contribution in [2.45, 2.75) is 23.6 Å². The quantitative estimate of drug-likeness (QED) is 0.561. The van der Waals surface area contributed by atoms with Crippen molar-refractivity contribution >= 4 is 40.4 Å². The van der Waals surface area contributed by atoms with Crippen LogP contribution in [0, 0.1) is 18.4 Å². The van der Waals surface area contributed by atoms with E-state index in [2.05, 4.69) is 19.8 Å². The summed E-state index contributed by atoms with van der Waals surface area (Å²) in [7, 11) is 3.34. The number of amidine groups is 1. The second-order valence-electron chi connectivity index (χ2n) is 8.16. The highest BCUT2D eigenvalue weighted by molar-refractivity contribution is 8.15. The predicted molar refractivity (Wildman–Crippen MR) is 120 cm³/mol. The average molecular weight is 455 g/mol. The molecule has 2 aromatic rings. The number of amides is 1. The summed E-state index contributed by atoms with van der Waals surface area (Å²) in [6.45, 7) is 8.67. The first kappa shape index (κ1) is 21.9. The molecule has 0 saturated heterocycles. The molecule has 1 saturated carbocycles. The number of nitrogens with zero attached hydrogens (tertiary/aromatic N) is 5. The van der Waals surface area contributed by atoms with Crippen molar-refractivity contribution in [2.75, 3.05) is 14.1 Å². The summed E-state index contributed by atoms with van der Waals surface area (Å²) >= 11 is 1.21. The molecule has 0 bridgehead atoms. The van der Waals surface area contributed by atoms with E-state index in [1.807, 2.05) is 0 Å². The van der Waals surface area contributed by atoms with Crippen LogP contribution in [0.5, 0.6) is 0 Å². The van der Waals surface area contributed by atoms with E-state index in [1.54, 1.807) is 21.0 Å². The Kier molecular flexibility index (Phi) is 5.25. The van der Waals surface area contributed by atoms with Crippen LogP contribution in [0.1, 0.15) is 30.2 Å². The van der Waals surface area contributed by atoms with E-state index in [4.69, 9.17) is 12.3 Å². The molecule has 7 nitrogen and oxygen atoms in total. The normalized spacial score (nSPS) is 26.6. The number of hydrogen-bond donors (Lipinski definition) is 1. The molecule has 10 heteroatoms. The molecule has 4 rings (SSSR count). The van der Waals surface area contributed by atoms with E-state index in [1.165, 1.54) is 53.3 Å². The third-order valence-electron chi connectivity index (χ3n) is 5.81. The third kappa shape index (κ3) is 3.52. The van der Waals surface area contributed by atoms with Gasteiger partial charge in [0.15, 0.2) is 5.17 Å². The number of carbonyl (C=O) groups excluding carboxylic acids is 1. The number of aliphatic imine (C=N–C) groups is 1. The molecule has 1 aliphatic carbocycles. The summed E-state index contributed by atoms with van der Waals surface area (Å²) in [6.07, 6.45) is 4.18. The molecule has 2 aliphatic rings. The molecule has 1 aliphatic heterocycles. The SMILES string of the molecule is [C-]#[N+]c1ccc(/C(F)=C/c2cnc(F)c([C@@]3(C)N=C(N)S[C@@]4(C(=O)N(C)C)C[C@H]43)c2)nc1. The number of nitrogens with two attached hydrogens (primary N) is 1. The van der Waals surface area contributed by atoms with Crippen LogP contribution in [0.25, 0.3) is 16.7 Å². The first-order valence-electron chi connectivity index (χ1n) is 9.74. The zero-order valence-electron chi connectivity index (χ0n) is 17.6. The molecule has 1 amide bonds. The third-order valence-corrected chi connectivity index (χ3v) is 7.10. The van der Waals surface area contributed by atoms with E-state index in [0.29, 0.717) is 17.7 Å². The summed E-state index contributed by atoms with van der Waals surface area (Å²) in [5.74, 6) is -1.77. The lowest BCUT2D eigenvalue weighted by atomic mass is 9.86. The minimum Gasteiger partial charge on any atom is -0.378 e. The van der Waals surface area contributed by atoms with E-state index in [0.717, 1.165) is 0 Å². The number of hydrogen-bond acceptors (Lipinski definition) is 6. The highest BCUT2D eigenvalue weighted by atomic mass is 32.2. The molecule has 0 aromatic carbocycles. The highest BCUT2D eigenvalue weighted by Crippen LogP contribution is 2.66. The van der Waals surface area contributed by atoms with E-state index in [-0.39, 0.29) is 28.3 Å². The van der Waals surface area contributed by atoms with Gasteiger partial charge >= 0.3 is 0 Å². The smallest absolute Gasteiger partial charge is 0.239 e. The van der Waals surface area contributed by atoms with Gasteiger partial charge in [-0.15, -0.1) is 0 Å². The molecule has 0 spiro atoms. The van der Waals surface area contributed by atoms with Gasteiger partial charge in [-0.05, 0) is 37.1 Å². The summed E-state index contributed by atoms with van der Waals surface area (Å²) in [6, 6.07) is 4.34. The lowest BCUT2D eigenvalue weighted by molar-refractivity contribution is -0.129. The first-order valence-corrected chi connectivity index (χ1v) is 10.6. The fourth-order valence-corrected chi connectivity index (χ4v) is 5.64. The molecule has 0 unspecified atom stereocenters. The Bertz CT molecular complexity index is 1210. The van der Waals surface area contributed by atoms with Gasteiger partial charge in [-0.3, -0.25) is 14.8 Å². The molecule has 3 atom stereocenters. The van der Waals surface area contributed by atoms with Crippen LogP contribution >= 0.6 is 11.8 Å². The number of carbonyl (C=O) groups is 1. The van der Waals surface area contributed by atoms with Crippen molar-refractivity contribution in [2.24, 2.45) is 16.6 Å². The Balaban J connectivity index is 1.72. The van der Waals surface area contributed by atoms with Gasteiger partial charge in [0.1, 0.15) is 10.6 Å². The molecule has 2 aromatic heterocycles. The van der Waals surface area contributed by atoms with E-state index >= 15 is 0 Å². The monoisotopic (exact) mass is 454 g/mol. The van der Waals surface area contributed by atoms with Crippen LogP contribution in [0.4, 0.5) is 14.5 Å². The van der Waals surface area contributed by atoms with Crippen LogP contribution in [0.3, 0.4) is 0 Å². The van der Waals surface area contributed by atoms with Gasteiger partial charge < -0.3 is 10.6 Å². The van der Waals surface area contributed by atoms with Crippen LogP contribution in [0.15, 0.2) is 35.6 Å². The Morgan fingerprint density at radius 1 is 1.38 bits per heavy atom. The Morgan fingerprint density at radius 3 is 2.75 bits per heavy atom. The van der Waals surface area contributed by atoms with E-state index in [9.17, 15) is 13.6 Å². The molecular weight excluding hydrogens is 434 g/mol. The number of aromatic nitrogens is 2. The number of rotatable bonds is 4. The topological polar surface area (TPSA) is 88.8 Å². The molecule has 3 heterocycles. The molecular formula is C22H20F2N6OS. The summed E-state index contributed by atoms with van der Waals surface area (Å²) in [5.41, 5.74) is 5.74. The Morgan fingerprint density at radius 2 is 2.12 bits per heavy atom. The highest BCUT2D eigenvalue weighted by Gasteiger charge is 2.71. The molecule has 0 radical (unpaired) electrons. The van der Waals surface area contributed by atoms with Gasteiger partial charge in [-0.2, -0.15) is 4.39 Å². The van der Waals surface area contributed by atoms with Gasteiger partial charge in [-0.1, -0.05) is 17.8 Å². The van der Waals surface area contributed by atoms with Crippen molar-refractivity contribution in [1.29, 1.82) is 0 Å². The van der Waals surface area contributed by atoms with Crippen molar-refractivity contribution in [3.63, 3.8) is 0 Å². The molecule has 32 heavy (non-hydrogen) atoms. The van der Waals surface area contributed by atoms with Gasteiger partial charge in [0.2, 0.25) is 17.5 Å². The minimum atomic E-state index is -1.12. The minimum absolute atomic E-state index is 0.0450. The van der Waals surface area contributed by atoms with Crippen LogP contribution in [-0.2, 0) is 10.3 Å². The average Bonchev–Trinajstić information content (AvgIpc) is 3.51. The largest absolute Gasteiger partial charge is 0.378 e. The maximum absolute atomic E-state index is 14.9. The lowest BCUT2D eigenvalue weighted by Gasteiger charge is -2.34. The van der Waals surface area contributed by atoms with Gasteiger partial charge in [0.25, 0.3) is 0 Å². The number of thioether (sulfide) groups is 1. The van der Waals surface area contributed by atoms with Crippen molar-refractivity contribution in [3.8, 4) is 0 Å². The van der Waals surface area contributed by atoms with Gasteiger partial charge in [-0.25, -0.2) is 14.2 Å². The number of pyridine rings is 2. The van der Waals surface area contributed by atoms with E-state index < -0.39 is 22.1 Å². The van der Waals surface area contributed by atoms with Crippen molar-refractivity contribution in [1.82, 2.24) is 14.9 Å². The fourth-order valence-electron chi connectivity index (χ4n) is 4.14. The number of fused-ring (bicyclic) bond motifs is 1. The Hall–Kier alpha value is -3.32.